The molecule has 7 heteroatoms. The summed E-state index contributed by atoms with van der Waals surface area (Å²) in [5.74, 6) is -0.0908. The van der Waals surface area contributed by atoms with Crippen LogP contribution in [0.2, 0.25) is 0 Å². The number of hydrogen-bond donors (Lipinski definition) is 1. The number of rotatable bonds is 5. The molecule has 1 aromatic carbocycles. The van der Waals surface area contributed by atoms with Crippen LogP contribution in [0.25, 0.3) is 15.9 Å². The third kappa shape index (κ3) is 4.18. The standard InChI is InChI=1S/C25H27N5OS/c1-25(2,3)29-15-19(16-29)27-24(31)22-14-18(23-21(28-22)9-12-32-23)13-17-5-7-20(8-6-17)30-11-4-10-26-30/h4-12,14,19H,13,15-16H2,1-3H3,(H,27,31). The molecule has 1 saturated heterocycles. The van der Waals surface area contributed by atoms with E-state index in [1.165, 1.54) is 5.56 Å². The highest BCUT2D eigenvalue weighted by atomic mass is 32.1. The van der Waals surface area contributed by atoms with Crippen LogP contribution in [0.15, 0.2) is 60.2 Å². The zero-order chi connectivity index (χ0) is 22.3. The zero-order valence-electron chi connectivity index (χ0n) is 18.6. The van der Waals surface area contributed by atoms with Crippen LogP contribution in [0.4, 0.5) is 0 Å². The number of carbonyl (C=O) groups excluding carboxylic acids is 1. The Labute approximate surface area is 191 Å². The number of amides is 1. The Morgan fingerprint density at radius 1 is 1.19 bits per heavy atom. The topological polar surface area (TPSA) is 63.1 Å². The molecule has 0 radical (unpaired) electrons. The fourth-order valence-corrected chi connectivity index (χ4v) is 4.91. The first-order valence-corrected chi connectivity index (χ1v) is 11.8. The molecule has 1 N–H and O–H groups in total. The lowest BCUT2D eigenvalue weighted by Crippen LogP contribution is -2.64. The Bertz CT molecular complexity index is 1230. The smallest absolute Gasteiger partial charge is 0.270 e. The van der Waals surface area contributed by atoms with E-state index in [2.05, 4.69) is 65.3 Å². The summed E-state index contributed by atoms with van der Waals surface area (Å²) in [5, 5.41) is 9.48. The van der Waals surface area contributed by atoms with Crippen LogP contribution >= 0.6 is 11.3 Å². The molecule has 1 amide bonds. The predicted octanol–water partition coefficient (Wildman–Crippen LogP) is 4.29. The van der Waals surface area contributed by atoms with Gasteiger partial charge < -0.3 is 5.32 Å². The fourth-order valence-electron chi connectivity index (χ4n) is 4.06. The Kier molecular flexibility index (Phi) is 5.31. The number of pyridine rings is 1. The Balaban J connectivity index is 1.34. The van der Waals surface area contributed by atoms with E-state index >= 15 is 0 Å². The highest BCUT2D eigenvalue weighted by Gasteiger charge is 2.35. The molecule has 0 saturated carbocycles. The molecule has 5 rings (SSSR count). The fraction of sp³-hybridized carbons (Fsp3) is 0.320. The van der Waals surface area contributed by atoms with Crippen molar-refractivity contribution in [1.29, 1.82) is 0 Å². The molecule has 1 fully saturated rings. The van der Waals surface area contributed by atoms with Crippen molar-refractivity contribution in [2.45, 2.75) is 38.8 Å². The molecule has 3 aromatic heterocycles. The summed E-state index contributed by atoms with van der Waals surface area (Å²) in [5.41, 5.74) is 4.86. The number of fused-ring (bicyclic) bond motifs is 1. The summed E-state index contributed by atoms with van der Waals surface area (Å²) >= 11 is 1.67. The van der Waals surface area contributed by atoms with Crippen LogP contribution < -0.4 is 5.32 Å². The Morgan fingerprint density at radius 2 is 1.97 bits per heavy atom. The van der Waals surface area contributed by atoms with Gasteiger partial charge in [-0.25, -0.2) is 9.67 Å². The van der Waals surface area contributed by atoms with E-state index in [1.807, 2.05) is 34.5 Å². The normalized spacial score (nSPS) is 15.1. The van der Waals surface area contributed by atoms with Crippen LogP contribution in [0.5, 0.6) is 0 Å². The first kappa shape index (κ1) is 20.8. The zero-order valence-corrected chi connectivity index (χ0v) is 19.4. The van der Waals surface area contributed by atoms with Gasteiger partial charge in [0.25, 0.3) is 5.91 Å². The summed E-state index contributed by atoms with van der Waals surface area (Å²) in [6.45, 7) is 8.36. The molecule has 1 aliphatic heterocycles. The van der Waals surface area contributed by atoms with Crippen LogP contribution in [0.1, 0.15) is 42.4 Å². The maximum Gasteiger partial charge on any atom is 0.270 e. The average Bonchev–Trinajstić information content (AvgIpc) is 3.41. The minimum absolute atomic E-state index is 0.0908. The monoisotopic (exact) mass is 445 g/mol. The quantitative estimate of drug-likeness (QED) is 0.498. The highest BCUT2D eigenvalue weighted by Crippen LogP contribution is 2.27. The minimum atomic E-state index is -0.0908. The van der Waals surface area contributed by atoms with Gasteiger partial charge in [-0.05, 0) is 74.0 Å². The van der Waals surface area contributed by atoms with Gasteiger partial charge in [-0.1, -0.05) is 12.1 Å². The molecule has 0 bridgehead atoms. The first-order valence-electron chi connectivity index (χ1n) is 10.9. The number of thiophene rings is 1. The van der Waals surface area contributed by atoms with Crippen LogP contribution in [-0.4, -0.2) is 50.2 Å². The minimum Gasteiger partial charge on any atom is -0.345 e. The van der Waals surface area contributed by atoms with Crippen molar-refractivity contribution in [2.24, 2.45) is 0 Å². The lowest BCUT2D eigenvalue weighted by molar-refractivity contribution is 0.0330. The van der Waals surface area contributed by atoms with Gasteiger partial charge in [-0.15, -0.1) is 11.3 Å². The van der Waals surface area contributed by atoms with Crippen molar-refractivity contribution < 1.29 is 4.79 Å². The molecule has 6 nitrogen and oxygen atoms in total. The van der Waals surface area contributed by atoms with Crippen molar-refractivity contribution >= 4 is 27.5 Å². The van der Waals surface area contributed by atoms with E-state index in [1.54, 1.807) is 17.5 Å². The van der Waals surface area contributed by atoms with E-state index < -0.39 is 0 Å². The van der Waals surface area contributed by atoms with Crippen molar-refractivity contribution in [2.75, 3.05) is 13.1 Å². The van der Waals surface area contributed by atoms with Gasteiger partial charge in [0, 0.05) is 31.0 Å². The summed E-state index contributed by atoms with van der Waals surface area (Å²) in [7, 11) is 0. The van der Waals surface area contributed by atoms with E-state index in [9.17, 15) is 4.79 Å². The Morgan fingerprint density at radius 3 is 2.66 bits per heavy atom. The van der Waals surface area contributed by atoms with Crippen molar-refractivity contribution in [1.82, 2.24) is 25.0 Å². The predicted molar refractivity (Wildman–Crippen MR) is 129 cm³/mol. The Hall–Kier alpha value is -3.03. The van der Waals surface area contributed by atoms with Crippen molar-refractivity contribution in [3.63, 3.8) is 0 Å². The maximum absolute atomic E-state index is 13.0. The van der Waals surface area contributed by atoms with Gasteiger partial charge in [-0.2, -0.15) is 5.10 Å². The van der Waals surface area contributed by atoms with Crippen LogP contribution in [0.3, 0.4) is 0 Å². The van der Waals surface area contributed by atoms with E-state index in [0.29, 0.717) is 5.69 Å². The van der Waals surface area contributed by atoms with Crippen molar-refractivity contribution in [3.8, 4) is 5.69 Å². The number of likely N-dealkylation sites (tertiary alicyclic amines) is 1. The molecule has 0 atom stereocenters. The van der Waals surface area contributed by atoms with Gasteiger partial charge >= 0.3 is 0 Å². The first-order chi connectivity index (χ1) is 15.4. The molecule has 0 aliphatic carbocycles. The van der Waals surface area contributed by atoms with Gasteiger partial charge in [0.1, 0.15) is 5.69 Å². The number of benzene rings is 1. The number of hydrogen-bond acceptors (Lipinski definition) is 5. The van der Waals surface area contributed by atoms with E-state index in [0.717, 1.165) is 41.0 Å². The number of nitrogens with one attached hydrogen (secondary N) is 1. The summed E-state index contributed by atoms with van der Waals surface area (Å²) < 4.78 is 2.98. The highest BCUT2D eigenvalue weighted by molar-refractivity contribution is 7.17. The number of nitrogens with zero attached hydrogens (tertiary/aromatic N) is 4. The SMILES string of the molecule is CC(C)(C)N1CC(NC(=O)c2cc(Cc3ccc(-n4cccn4)cc3)c3sccc3n2)C1. The lowest BCUT2D eigenvalue weighted by Gasteiger charge is -2.47. The summed E-state index contributed by atoms with van der Waals surface area (Å²) in [6, 6.07) is 14.4. The molecule has 1 aliphatic rings. The molecule has 0 spiro atoms. The molecular weight excluding hydrogens is 418 g/mol. The molecular formula is C25H27N5OS. The molecule has 0 unspecified atom stereocenters. The van der Waals surface area contributed by atoms with E-state index in [-0.39, 0.29) is 17.5 Å². The van der Waals surface area contributed by atoms with Gasteiger partial charge in [-0.3, -0.25) is 9.69 Å². The second-order valence-electron chi connectivity index (χ2n) is 9.34. The lowest BCUT2D eigenvalue weighted by atomic mass is 9.97. The van der Waals surface area contributed by atoms with E-state index in [4.69, 9.17) is 0 Å². The van der Waals surface area contributed by atoms with Crippen LogP contribution in [-0.2, 0) is 6.42 Å². The van der Waals surface area contributed by atoms with Gasteiger partial charge in [0.2, 0.25) is 0 Å². The largest absolute Gasteiger partial charge is 0.345 e. The summed E-state index contributed by atoms with van der Waals surface area (Å²) in [4.78, 5) is 20.0. The average molecular weight is 446 g/mol. The van der Waals surface area contributed by atoms with Crippen molar-refractivity contribution in [3.05, 3.63) is 77.1 Å². The number of carbonyl (C=O) groups is 1. The molecule has 164 valence electrons. The second-order valence-corrected chi connectivity index (χ2v) is 10.3. The molecule has 4 aromatic rings. The van der Waals surface area contributed by atoms with Gasteiger partial charge in [0.15, 0.2) is 0 Å². The second kappa shape index (κ2) is 8.15. The van der Waals surface area contributed by atoms with Gasteiger partial charge in [0.05, 0.1) is 21.9 Å². The molecule has 32 heavy (non-hydrogen) atoms. The maximum atomic E-state index is 13.0. The summed E-state index contributed by atoms with van der Waals surface area (Å²) in [6.07, 6.45) is 4.45. The van der Waals surface area contributed by atoms with Crippen LogP contribution in [0, 0.1) is 0 Å². The third-order valence-electron chi connectivity index (χ3n) is 5.99. The third-order valence-corrected chi connectivity index (χ3v) is 6.97. The molecule has 4 heterocycles. The number of aromatic nitrogens is 3.